The van der Waals surface area contributed by atoms with Gasteiger partial charge in [0.2, 0.25) is 5.91 Å². The van der Waals surface area contributed by atoms with E-state index in [0.717, 1.165) is 0 Å². The third-order valence-electron chi connectivity index (χ3n) is 3.71. The molecule has 1 aliphatic heterocycles. The van der Waals surface area contributed by atoms with E-state index in [9.17, 15) is 14.4 Å². The lowest BCUT2D eigenvalue weighted by Gasteiger charge is -2.21. The van der Waals surface area contributed by atoms with Crippen molar-refractivity contribution in [1.29, 1.82) is 0 Å². The zero-order valence-electron chi connectivity index (χ0n) is 11.1. The Labute approximate surface area is 116 Å². The summed E-state index contributed by atoms with van der Waals surface area (Å²) in [5.74, 6) is -1.78. The summed E-state index contributed by atoms with van der Waals surface area (Å²) >= 11 is 0. The monoisotopic (exact) mass is 276 g/mol. The number of nitrogens with zero attached hydrogens (tertiary/aromatic N) is 1. The second-order valence-electron chi connectivity index (χ2n) is 5.29. The van der Waals surface area contributed by atoms with Gasteiger partial charge >= 0.3 is 5.97 Å². The molecular formula is C14H16N2O4. The third kappa shape index (κ3) is 2.49. The molecule has 1 aromatic carbocycles. The SMILES string of the molecule is CC1(C(N)=O)CCN(C(=O)c2cccc(C(=O)O)c2)C1. The Hall–Kier alpha value is -2.37. The minimum absolute atomic E-state index is 0.0627. The number of carbonyl (C=O) groups is 3. The van der Waals surface area contributed by atoms with Crippen LogP contribution in [0.5, 0.6) is 0 Å². The van der Waals surface area contributed by atoms with E-state index in [1.54, 1.807) is 13.0 Å². The van der Waals surface area contributed by atoms with Crippen molar-refractivity contribution in [2.45, 2.75) is 13.3 Å². The van der Waals surface area contributed by atoms with E-state index in [4.69, 9.17) is 10.8 Å². The minimum Gasteiger partial charge on any atom is -0.478 e. The van der Waals surface area contributed by atoms with E-state index >= 15 is 0 Å². The quantitative estimate of drug-likeness (QED) is 0.849. The smallest absolute Gasteiger partial charge is 0.335 e. The first kappa shape index (κ1) is 14.0. The van der Waals surface area contributed by atoms with Gasteiger partial charge in [0.1, 0.15) is 0 Å². The van der Waals surface area contributed by atoms with Crippen LogP contribution in [0.1, 0.15) is 34.1 Å². The van der Waals surface area contributed by atoms with Crippen LogP contribution in [0.25, 0.3) is 0 Å². The number of amides is 2. The van der Waals surface area contributed by atoms with E-state index in [1.807, 2.05) is 0 Å². The summed E-state index contributed by atoms with van der Waals surface area (Å²) in [4.78, 5) is 36.1. The number of benzene rings is 1. The average molecular weight is 276 g/mol. The number of aromatic carboxylic acids is 1. The number of carbonyl (C=O) groups excluding carboxylic acids is 2. The molecule has 2 amide bonds. The van der Waals surface area contributed by atoms with Crippen molar-refractivity contribution >= 4 is 17.8 Å². The second kappa shape index (κ2) is 4.96. The van der Waals surface area contributed by atoms with Gasteiger partial charge in [-0.15, -0.1) is 0 Å². The number of hydrogen-bond acceptors (Lipinski definition) is 3. The summed E-state index contributed by atoms with van der Waals surface area (Å²) in [5.41, 5.74) is 5.00. The van der Waals surface area contributed by atoms with Gasteiger partial charge in [0.05, 0.1) is 11.0 Å². The summed E-state index contributed by atoms with van der Waals surface area (Å²) in [7, 11) is 0. The molecule has 1 fully saturated rings. The van der Waals surface area contributed by atoms with E-state index in [2.05, 4.69) is 0 Å². The van der Waals surface area contributed by atoms with Crippen molar-refractivity contribution in [1.82, 2.24) is 4.90 Å². The van der Waals surface area contributed by atoms with E-state index < -0.39 is 17.3 Å². The zero-order chi connectivity index (χ0) is 14.9. The Morgan fingerprint density at radius 2 is 1.95 bits per heavy atom. The molecule has 0 saturated carbocycles. The standard InChI is InChI=1S/C14H16N2O4/c1-14(13(15)20)5-6-16(8-14)11(17)9-3-2-4-10(7-9)12(18)19/h2-4,7H,5-6,8H2,1H3,(H2,15,20)(H,18,19). The summed E-state index contributed by atoms with van der Waals surface area (Å²) < 4.78 is 0. The minimum atomic E-state index is -1.08. The molecule has 1 atom stereocenters. The molecule has 20 heavy (non-hydrogen) atoms. The van der Waals surface area contributed by atoms with Crippen molar-refractivity contribution in [2.75, 3.05) is 13.1 Å². The Morgan fingerprint density at radius 3 is 2.50 bits per heavy atom. The molecule has 2 rings (SSSR count). The first-order valence-electron chi connectivity index (χ1n) is 6.26. The fourth-order valence-corrected chi connectivity index (χ4v) is 2.30. The molecule has 6 nitrogen and oxygen atoms in total. The first-order chi connectivity index (χ1) is 9.33. The lowest BCUT2D eigenvalue weighted by molar-refractivity contribution is -0.126. The topological polar surface area (TPSA) is 101 Å². The Morgan fingerprint density at radius 1 is 1.30 bits per heavy atom. The van der Waals surface area contributed by atoms with Crippen molar-refractivity contribution in [3.8, 4) is 0 Å². The van der Waals surface area contributed by atoms with E-state index in [-0.39, 0.29) is 18.0 Å². The van der Waals surface area contributed by atoms with Gasteiger partial charge in [-0.25, -0.2) is 4.79 Å². The van der Waals surface area contributed by atoms with Crippen LogP contribution in [0, 0.1) is 5.41 Å². The second-order valence-corrected chi connectivity index (χ2v) is 5.29. The number of likely N-dealkylation sites (tertiary alicyclic amines) is 1. The predicted octanol–water partition coefficient (Wildman–Crippen LogP) is 0.722. The summed E-state index contributed by atoms with van der Waals surface area (Å²) in [5, 5.41) is 8.93. The van der Waals surface area contributed by atoms with Gasteiger partial charge < -0.3 is 15.7 Å². The van der Waals surface area contributed by atoms with Gasteiger partial charge in [-0.05, 0) is 31.5 Å². The molecule has 106 valence electrons. The van der Waals surface area contributed by atoms with Crippen molar-refractivity contribution in [3.05, 3.63) is 35.4 Å². The van der Waals surface area contributed by atoms with Crippen LogP contribution in [-0.2, 0) is 4.79 Å². The highest BCUT2D eigenvalue weighted by Crippen LogP contribution is 2.30. The van der Waals surface area contributed by atoms with Crippen molar-refractivity contribution in [3.63, 3.8) is 0 Å². The molecule has 6 heteroatoms. The molecule has 3 N–H and O–H groups in total. The fourth-order valence-electron chi connectivity index (χ4n) is 2.30. The molecule has 0 radical (unpaired) electrons. The van der Waals surface area contributed by atoms with Crippen LogP contribution in [-0.4, -0.2) is 40.9 Å². The maximum Gasteiger partial charge on any atom is 0.335 e. The Kier molecular flexibility index (Phi) is 3.48. The van der Waals surface area contributed by atoms with Gasteiger partial charge in [0, 0.05) is 18.7 Å². The lowest BCUT2D eigenvalue weighted by atomic mass is 9.89. The highest BCUT2D eigenvalue weighted by Gasteiger charge is 2.40. The average Bonchev–Trinajstić information content (AvgIpc) is 2.82. The molecule has 0 spiro atoms. The molecule has 1 unspecified atom stereocenters. The molecule has 0 aliphatic carbocycles. The lowest BCUT2D eigenvalue weighted by Crippen LogP contribution is -2.38. The van der Waals surface area contributed by atoms with Crippen LogP contribution in [0.2, 0.25) is 0 Å². The Balaban J connectivity index is 2.19. The molecule has 0 aromatic heterocycles. The normalized spacial score (nSPS) is 21.8. The third-order valence-corrected chi connectivity index (χ3v) is 3.71. The molecule has 1 heterocycles. The largest absolute Gasteiger partial charge is 0.478 e. The number of nitrogens with two attached hydrogens (primary N) is 1. The first-order valence-corrected chi connectivity index (χ1v) is 6.26. The van der Waals surface area contributed by atoms with E-state index in [1.165, 1.54) is 23.1 Å². The molecule has 1 aromatic rings. The van der Waals surface area contributed by atoms with Crippen LogP contribution in [0.4, 0.5) is 0 Å². The number of hydrogen-bond donors (Lipinski definition) is 2. The van der Waals surface area contributed by atoms with Gasteiger partial charge in [-0.1, -0.05) is 6.07 Å². The van der Waals surface area contributed by atoms with Crippen molar-refractivity contribution in [2.24, 2.45) is 11.1 Å². The highest BCUT2D eigenvalue weighted by atomic mass is 16.4. The maximum atomic E-state index is 12.3. The van der Waals surface area contributed by atoms with Crippen LogP contribution < -0.4 is 5.73 Å². The zero-order valence-corrected chi connectivity index (χ0v) is 11.1. The van der Waals surface area contributed by atoms with Gasteiger partial charge in [-0.3, -0.25) is 9.59 Å². The summed E-state index contributed by atoms with van der Waals surface area (Å²) in [6.45, 7) is 2.43. The van der Waals surface area contributed by atoms with E-state index in [0.29, 0.717) is 18.5 Å². The number of primary amides is 1. The molecular weight excluding hydrogens is 260 g/mol. The number of rotatable bonds is 3. The van der Waals surface area contributed by atoms with Crippen LogP contribution >= 0.6 is 0 Å². The Bertz CT molecular complexity index is 584. The maximum absolute atomic E-state index is 12.3. The van der Waals surface area contributed by atoms with Crippen LogP contribution in [0.15, 0.2) is 24.3 Å². The number of carboxylic acids is 1. The summed E-state index contributed by atoms with van der Waals surface area (Å²) in [6, 6.07) is 5.86. The fraction of sp³-hybridized carbons (Fsp3) is 0.357. The van der Waals surface area contributed by atoms with Gasteiger partial charge in [0.15, 0.2) is 0 Å². The molecule has 0 bridgehead atoms. The highest BCUT2D eigenvalue weighted by molar-refractivity contribution is 5.98. The number of carboxylic acid groups (broad SMARTS) is 1. The molecule has 1 aliphatic rings. The van der Waals surface area contributed by atoms with Crippen molar-refractivity contribution < 1.29 is 19.5 Å². The summed E-state index contributed by atoms with van der Waals surface area (Å²) in [6.07, 6.45) is 0.521. The predicted molar refractivity (Wildman–Crippen MR) is 71.2 cm³/mol. The van der Waals surface area contributed by atoms with Crippen LogP contribution in [0.3, 0.4) is 0 Å². The van der Waals surface area contributed by atoms with Gasteiger partial charge in [-0.2, -0.15) is 0 Å². The molecule has 1 saturated heterocycles. The van der Waals surface area contributed by atoms with Gasteiger partial charge in [0.25, 0.3) is 5.91 Å².